The highest BCUT2D eigenvalue weighted by Gasteiger charge is 2.14. The first kappa shape index (κ1) is 19.3. The van der Waals surface area contributed by atoms with Crippen LogP contribution >= 0.6 is 0 Å². The lowest BCUT2D eigenvalue weighted by atomic mass is 10.2. The largest absolute Gasteiger partial charge is 0.491 e. The topological polar surface area (TPSA) is 71.1 Å². The zero-order chi connectivity index (χ0) is 19.1. The number of hydrogen-bond donors (Lipinski definition) is 0. The Bertz CT molecular complexity index is 666. The van der Waals surface area contributed by atoms with Gasteiger partial charge in [0.25, 0.3) is 0 Å². The standard InChI is InChI=1S/C20H22O6/c1-13(2)23-17-9-5-15(6-10-17)19(21)25-26-20(22)16-7-11-18(12-8-16)24-14(3)4/h5-14H,1-4H3. The van der Waals surface area contributed by atoms with E-state index in [9.17, 15) is 9.59 Å². The molecule has 6 nitrogen and oxygen atoms in total. The van der Waals surface area contributed by atoms with Gasteiger partial charge in [0.15, 0.2) is 0 Å². The second-order valence-corrected chi connectivity index (χ2v) is 6.12. The van der Waals surface area contributed by atoms with E-state index in [0.29, 0.717) is 11.5 Å². The smallest absolute Gasteiger partial charge is 0.386 e. The van der Waals surface area contributed by atoms with Crippen LogP contribution in [0.2, 0.25) is 0 Å². The van der Waals surface area contributed by atoms with Crippen molar-refractivity contribution in [3.05, 3.63) is 59.7 Å². The number of hydrogen-bond acceptors (Lipinski definition) is 6. The zero-order valence-corrected chi connectivity index (χ0v) is 15.2. The summed E-state index contributed by atoms with van der Waals surface area (Å²) in [6.45, 7) is 7.62. The van der Waals surface area contributed by atoms with Crippen molar-refractivity contribution < 1.29 is 28.8 Å². The molecule has 138 valence electrons. The second-order valence-electron chi connectivity index (χ2n) is 6.12. The van der Waals surface area contributed by atoms with Gasteiger partial charge in [-0.15, -0.1) is 0 Å². The van der Waals surface area contributed by atoms with Crippen molar-refractivity contribution >= 4 is 11.9 Å². The molecule has 0 unspecified atom stereocenters. The molecule has 0 fully saturated rings. The van der Waals surface area contributed by atoms with Crippen molar-refractivity contribution in [3.8, 4) is 11.5 Å². The molecule has 6 heteroatoms. The lowest BCUT2D eigenvalue weighted by Gasteiger charge is -2.10. The van der Waals surface area contributed by atoms with E-state index >= 15 is 0 Å². The molecule has 0 N–H and O–H groups in total. The van der Waals surface area contributed by atoms with Crippen molar-refractivity contribution in [2.45, 2.75) is 39.9 Å². The molecule has 0 amide bonds. The predicted molar refractivity (Wildman–Crippen MR) is 95.2 cm³/mol. The Morgan fingerprint density at radius 3 is 1.19 bits per heavy atom. The van der Waals surface area contributed by atoms with E-state index in [0.717, 1.165) is 0 Å². The van der Waals surface area contributed by atoms with Crippen LogP contribution in [0.25, 0.3) is 0 Å². The Balaban J connectivity index is 1.89. The minimum absolute atomic E-state index is 0.0334. The molecule has 0 aliphatic rings. The maximum Gasteiger partial charge on any atom is 0.386 e. The fourth-order valence-corrected chi connectivity index (χ4v) is 2.06. The lowest BCUT2D eigenvalue weighted by Crippen LogP contribution is -2.12. The van der Waals surface area contributed by atoms with Gasteiger partial charge >= 0.3 is 11.9 Å². The molecule has 0 bridgehead atoms. The third kappa shape index (κ3) is 5.81. The van der Waals surface area contributed by atoms with Crippen LogP contribution in [0.5, 0.6) is 11.5 Å². The quantitative estimate of drug-likeness (QED) is 0.570. The molecule has 26 heavy (non-hydrogen) atoms. The van der Waals surface area contributed by atoms with Gasteiger partial charge < -0.3 is 9.47 Å². The molecular formula is C20H22O6. The number of carbonyl (C=O) groups is 2. The van der Waals surface area contributed by atoms with E-state index < -0.39 is 11.9 Å². The van der Waals surface area contributed by atoms with Crippen LogP contribution in [0.4, 0.5) is 0 Å². The highest BCUT2D eigenvalue weighted by Crippen LogP contribution is 2.16. The summed E-state index contributed by atoms with van der Waals surface area (Å²) in [6.07, 6.45) is 0.0668. The summed E-state index contributed by atoms with van der Waals surface area (Å²) >= 11 is 0. The summed E-state index contributed by atoms with van der Waals surface area (Å²) in [4.78, 5) is 33.1. The van der Waals surface area contributed by atoms with Crippen molar-refractivity contribution in [2.24, 2.45) is 0 Å². The van der Waals surface area contributed by atoms with Crippen LogP contribution in [-0.2, 0) is 9.78 Å². The Hall–Kier alpha value is -3.02. The van der Waals surface area contributed by atoms with Gasteiger partial charge in [0.2, 0.25) is 0 Å². The van der Waals surface area contributed by atoms with Crippen LogP contribution in [-0.4, -0.2) is 24.1 Å². The summed E-state index contributed by atoms with van der Waals surface area (Å²) in [5.74, 6) is -0.266. The van der Waals surface area contributed by atoms with E-state index in [-0.39, 0.29) is 23.3 Å². The summed E-state index contributed by atoms with van der Waals surface area (Å²) in [7, 11) is 0. The summed E-state index contributed by atoms with van der Waals surface area (Å²) in [6, 6.07) is 12.7. The Labute approximate surface area is 152 Å². The highest BCUT2D eigenvalue weighted by atomic mass is 17.2. The van der Waals surface area contributed by atoms with Crippen molar-refractivity contribution in [3.63, 3.8) is 0 Å². The lowest BCUT2D eigenvalue weighted by molar-refractivity contribution is -0.187. The normalized spacial score (nSPS) is 10.5. The number of ether oxygens (including phenoxy) is 2. The van der Waals surface area contributed by atoms with Gasteiger partial charge in [-0.2, -0.15) is 0 Å². The third-order valence-electron chi connectivity index (χ3n) is 3.12. The van der Waals surface area contributed by atoms with E-state index in [4.69, 9.17) is 9.47 Å². The molecule has 0 aromatic heterocycles. The predicted octanol–water partition coefficient (Wildman–Crippen LogP) is 4.19. The first-order valence-corrected chi connectivity index (χ1v) is 8.31. The number of benzene rings is 2. The molecule has 0 saturated heterocycles. The molecule has 2 rings (SSSR count). The fourth-order valence-electron chi connectivity index (χ4n) is 2.06. The summed E-state index contributed by atoms with van der Waals surface area (Å²) < 4.78 is 11.0. The molecule has 0 atom stereocenters. The number of rotatable bonds is 6. The van der Waals surface area contributed by atoms with Gasteiger partial charge in [-0.1, -0.05) is 0 Å². The molecule has 0 radical (unpaired) electrons. The van der Waals surface area contributed by atoms with Gasteiger partial charge in [0, 0.05) is 0 Å². The van der Waals surface area contributed by atoms with Crippen LogP contribution < -0.4 is 9.47 Å². The first-order chi connectivity index (χ1) is 12.3. The van der Waals surface area contributed by atoms with E-state index in [1.165, 1.54) is 24.3 Å². The summed E-state index contributed by atoms with van der Waals surface area (Å²) in [5, 5.41) is 0. The minimum Gasteiger partial charge on any atom is -0.491 e. The average molecular weight is 358 g/mol. The minimum atomic E-state index is -0.769. The van der Waals surface area contributed by atoms with Gasteiger partial charge in [-0.05, 0) is 76.2 Å². The molecule has 0 aliphatic carbocycles. The SMILES string of the molecule is CC(C)Oc1ccc(C(=O)OOC(=O)c2ccc(OC(C)C)cc2)cc1. The Morgan fingerprint density at radius 1 is 0.615 bits per heavy atom. The van der Waals surface area contributed by atoms with Gasteiger partial charge in [0.05, 0.1) is 23.3 Å². The molecule has 0 saturated carbocycles. The molecule has 0 spiro atoms. The van der Waals surface area contributed by atoms with Crippen LogP contribution in [0.15, 0.2) is 48.5 Å². The maximum absolute atomic E-state index is 11.9. The van der Waals surface area contributed by atoms with Crippen LogP contribution in [0.3, 0.4) is 0 Å². The molecule has 2 aromatic rings. The maximum atomic E-state index is 11.9. The monoisotopic (exact) mass is 358 g/mol. The molecule has 2 aromatic carbocycles. The average Bonchev–Trinajstić information content (AvgIpc) is 2.59. The van der Waals surface area contributed by atoms with Gasteiger partial charge in [0.1, 0.15) is 11.5 Å². The van der Waals surface area contributed by atoms with E-state index in [1.54, 1.807) is 24.3 Å². The fraction of sp³-hybridized carbons (Fsp3) is 0.300. The van der Waals surface area contributed by atoms with Gasteiger partial charge in [-0.25, -0.2) is 19.4 Å². The second kappa shape index (κ2) is 8.89. The van der Waals surface area contributed by atoms with Crippen molar-refractivity contribution in [1.82, 2.24) is 0 Å². The molecule has 0 aliphatic heterocycles. The van der Waals surface area contributed by atoms with Crippen LogP contribution in [0, 0.1) is 0 Å². The Morgan fingerprint density at radius 2 is 0.923 bits per heavy atom. The van der Waals surface area contributed by atoms with Crippen molar-refractivity contribution in [1.29, 1.82) is 0 Å². The van der Waals surface area contributed by atoms with Crippen LogP contribution in [0.1, 0.15) is 48.4 Å². The van der Waals surface area contributed by atoms with E-state index in [1.807, 2.05) is 27.7 Å². The van der Waals surface area contributed by atoms with Crippen molar-refractivity contribution in [2.75, 3.05) is 0 Å². The summed E-state index contributed by atoms with van der Waals surface area (Å²) in [5.41, 5.74) is 0.490. The van der Waals surface area contributed by atoms with E-state index in [2.05, 4.69) is 9.78 Å². The zero-order valence-electron chi connectivity index (χ0n) is 15.2. The molecule has 0 heterocycles. The third-order valence-corrected chi connectivity index (χ3v) is 3.12. The highest BCUT2D eigenvalue weighted by molar-refractivity contribution is 5.92. The number of carbonyl (C=O) groups excluding carboxylic acids is 2. The first-order valence-electron chi connectivity index (χ1n) is 8.31. The molecular weight excluding hydrogens is 336 g/mol. The van der Waals surface area contributed by atoms with Gasteiger partial charge in [-0.3, -0.25) is 0 Å². The Kier molecular flexibility index (Phi) is 6.60.